The molecule has 6 rings (SSSR count). The summed E-state index contributed by atoms with van der Waals surface area (Å²) in [5.74, 6) is 0.881. The molecule has 3 nitrogen and oxygen atoms in total. The summed E-state index contributed by atoms with van der Waals surface area (Å²) in [5, 5.41) is 4.99. The molecule has 1 atom stereocenters. The Hall–Kier alpha value is -3.98. The maximum Gasteiger partial charge on any atom is 0.120 e. The van der Waals surface area contributed by atoms with E-state index in [1.54, 1.807) is 0 Å². The van der Waals surface area contributed by atoms with E-state index in [0.717, 1.165) is 11.4 Å². The van der Waals surface area contributed by atoms with Crippen LogP contribution >= 0.6 is 0 Å². The Morgan fingerprint density at radius 1 is 0.781 bits per heavy atom. The second kappa shape index (κ2) is 7.31. The van der Waals surface area contributed by atoms with Crippen LogP contribution in [-0.4, -0.2) is 4.57 Å². The van der Waals surface area contributed by atoms with Gasteiger partial charge in [0.15, 0.2) is 0 Å². The molecule has 0 saturated carbocycles. The zero-order chi connectivity index (χ0) is 21.5. The molecule has 0 saturated heterocycles. The van der Waals surface area contributed by atoms with E-state index in [-0.39, 0.29) is 5.54 Å². The number of nitrogens with zero attached hydrogens (tertiary/aromatic N) is 1. The summed E-state index contributed by atoms with van der Waals surface area (Å²) in [6, 6.07) is 38.1. The molecular weight excluding hydrogens is 392 g/mol. The van der Waals surface area contributed by atoms with E-state index in [1.165, 1.54) is 33.4 Å². The van der Waals surface area contributed by atoms with Gasteiger partial charge in [0.05, 0.1) is 22.6 Å². The largest absolute Gasteiger partial charge is 0.489 e. The smallest absolute Gasteiger partial charge is 0.120 e. The van der Waals surface area contributed by atoms with Gasteiger partial charge in [0, 0.05) is 5.39 Å². The summed E-state index contributed by atoms with van der Waals surface area (Å²) >= 11 is 0. The van der Waals surface area contributed by atoms with Crippen molar-refractivity contribution in [3.8, 4) is 11.4 Å². The van der Waals surface area contributed by atoms with Crippen molar-refractivity contribution < 1.29 is 4.74 Å². The molecule has 1 unspecified atom stereocenters. The lowest BCUT2D eigenvalue weighted by Crippen LogP contribution is -2.38. The molecule has 0 amide bonds. The number of ether oxygens (including phenoxy) is 1. The average Bonchev–Trinajstić information content (AvgIpc) is 3.24. The number of para-hydroxylation sites is 2. The SMILES string of the molecule is CC1(c2ccccc2)Nc2ccccc2-n2c1cc1cc(OCc3ccccc3)ccc12. The number of benzene rings is 4. The fraction of sp³-hybridized carbons (Fsp3) is 0.103. The molecule has 0 fully saturated rings. The molecular formula is C29H24N2O. The molecule has 32 heavy (non-hydrogen) atoms. The molecule has 1 N–H and O–H groups in total. The summed E-state index contributed by atoms with van der Waals surface area (Å²) < 4.78 is 8.50. The van der Waals surface area contributed by atoms with Crippen LogP contribution in [0.1, 0.15) is 23.7 Å². The molecule has 0 spiro atoms. The molecule has 2 heterocycles. The van der Waals surface area contributed by atoms with E-state index in [1.807, 2.05) is 18.2 Å². The van der Waals surface area contributed by atoms with E-state index in [2.05, 4.69) is 108 Å². The van der Waals surface area contributed by atoms with Gasteiger partial charge in [-0.2, -0.15) is 0 Å². The number of hydrogen-bond donors (Lipinski definition) is 1. The van der Waals surface area contributed by atoms with Gasteiger partial charge in [0.2, 0.25) is 0 Å². The molecule has 1 aliphatic heterocycles. The summed E-state index contributed by atoms with van der Waals surface area (Å²) in [5.41, 5.74) is 6.76. The van der Waals surface area contributed by atoms with Gasteiger partial charge < -0.3 is 14.6 Å². The summed E-state index contributed by atoms with van der Waals surface area (Å²) in [7, 11) is 0. The van der Waals surface area contributed by atoms with Crippen LogP contribution in [0.3, 0.4) is 0 Å². The van der Waals surface area contributed by atoms with Gasteiger partial charge in [0.1, 0.15) is 17.9 Å². The van der Waals surface area contributed by atoms with Crippen LogP contribution in [0.25, 0.3) is 16.6 Å². The predicted octanol–water partition coefficient (Wildman–Crippen LogP) is 6.90. The minimum Gasteiger partial charge on any atom is -0.489 e. The van der Waals surface area contributed by atoms with E-state index in [0.29, 0.717) is 6.61 Å². The lowest BCUT2D eigenvalue weighted by molar-refractivity contribution is 0.306. The molecule has 4 aromatic carbocycles. The molecule has 1 aliphatic rings. The molecule has 3 heteroatoms. The Morgan fingerprint density at radius 2 is 1.50 bits per heavy atom. The van der Waals surface area contributed by atoms with Crippen LogP contribution < -0.4 is 10.1 Å². The quantitative estimate of drug-likeness (QED) is 0.345. The highest BCUT2D eigenvalue weighted by atomic mass is 16.5. The van der Waals surface area contributed by atoms with Crippen LogP contribution in [0.5, 0.6) is 5.75 Å². The zero-order valence-corrected chi connectivity index (χ0v) is 18.0. The average molecular weight is 417 g/mol. The van der Waals surface area contributed by atoms with Crippen molar-refractivity contribution in [1.82, 2.24) is 4.57 Å². The number of hydrogen-bond acceptors (Lipinski definition) is 2. The maximum absolute atomic E-state index is 6.11. The van der Waals surface area contributed by atoms with E-state index in [4.69, 9.17) is 4.74 Å². The van der Waals surface area contributed by atoms with Crippen LogP contribution in [0.2, 0.25) is 0 Å². The van der Waals surface area contributed by atoms with Crippen molar-refractivity contribution in [3.05, 3.63) is 126 Å². The van der Waals surface area contributed by atoms with E-state index >= 15 is 0 Å². The van der Waals surface area contributed by atoms with Crippen molar-refractivity contribution in [2.45, 2.75) is 19.1 Å². The first-order valence-electron chi connectivity index (χ1n) is 11.0. The van der Waals surface area contributed by atoms with E-state index < -0.39 is 0 Å². The van der Waals surface area contributed by atoms with Crippen LogP contribution in [0.15, 0.2) is 109 Å². The number of rotatable bonds is 4. The van der Waals surface area contributed by atoms with Crippen molar-refractivity contribution in [2.24, 2.45) is 0 Å². The molecule has 1 aromatic heterocycles. The lowest BCUT2D eigenvalue weighted by atomic mass is 9.86. The Balaban J connectivity index is 1.48. The van der Waals surface area contributed by atoms with Crippen molar-refractivity contribution in [2.75, 3.05) is 5.32 Å². The van der Waals surface area contributed by atoms with Crippen molar-refractivity contribution in [1.29, 1.82) is 0 Å². The molecule has 0 bridgehead atoms. The van der Waals surface area contributed by atoms with Gasteiger partial charge in [0.25, 0.3) is 0 Å². The summed E-state index contributed by atoms with van der Waals surface area (Å²) in [4.78, 5) is 0. The Kier molecular flexibility index (Phi) is 4.29. The van der Waals surface area contributed by atoms with Gasteiger partial charge in [-0.1, -0.05) is 72.8 Å². The Morgan fingerprint density at radius 3 is 2.31 bits per heavy atom. The highest BCUT2D eigenvalue weighted by molar-refractivity contribution is 5.88. The van der Waals surface area contributed by atoms with Gasteiger partial charge in [-0.05, 0) is 54.4 Å². The summed E-state index contributed by atoms with van der Waals surface area (Å²) in [6.07, 6.45) is 0. The monoisotopic (exact) mass is 416 g/mol. The number of aromatic nitrogens is 1. The van der Waals surface area contributed by atoms with Crippen LogP contribution in [-0.2, 0) is 12.1 Å². The standard InChI is InChI=1S/C29H24N2O/c1-29(23-12-6-3-7-13-23)28-19-22-18-24(32-20-21-10-4-2-5-11-21)16-17-26(22)31(28)27-15-9-8-14-25(27)30-29/h2-19,30H,20H2,1H3. The molecule has 0 aliphatic carbocycles. The topological polar surface area (TPSA) is 26.2 Å². The van der Waals surface area contributed by atoms with Crippen LogP contribution in [0.4, 0.5) is 5.69 Å². The number of nitrogens with one attached hydrogen (secondary N) is 1. The van der Waals surface area contributed by atoms with E-state index in [9.17, 15) is 0 Å². The normalized spacial score (nSPS) is 16.8. The minimum absolute atomic E-state index is 0.348. The Labute approximate surface area is 187 Å². The van der Waals surface area contributed by atoms with Gasteiger partial charge >= 0.3 is 0 Å². The Bertz CT molecular complexity index is 1410. The maximum atomic E-state index is 6.11. The second-order valence-corrected chi connectivity index (χ2v) is 8.49. The zero-order valence-electron chi connectivity index (χ0n) is 18.0. The van der Waals surface area contributed by atoms with Crippen LogP contribution in [0, 0.1) is 0 Å². The lowest BCUT2D eigenvalue weighted by Gasteiger charge is -2.39. The third-order valence-electron chi connectivity index (χ3n) is 6.41. The number of fused-ring (bicyclic) bond motifs is 5. The fourth-order valence-corrected chi connectivity index (χ4v) is 4.75. The van der Waals surface area contributed by atoms with Gasteiger partial charge in [-0.15, -0.1) is 0 Å². The fourth-order valence-electron chi connectivity index (χ4n) is 4.75. The van der Waals surface area contributed by atoms with Crippen molar-refractivity contribution in [3.63, 3.8) is 0 Å². The third-order valence-corrected chi connectivity index (χ3v) is 6.41. The van der Waals surface area contributed by atoms with Crippen molar-refractivity contribution >= 4 is 16.6 Å². The first-order valence-corrected chi connectivity index (χ1v) is 11.0. The highest BCUT2D eigenvalue weighted by Gasteiger charge is 2.37. The molecule has 5 aromatic rings. The van der Waals surface area contributed by atoms with Gasteiger partial charge in [-0.3, -0.25) is 0 Å². The molecule has 156 valence electrons. The predicted molar refractivity (Wildman–Crippen MR) is 131 cm³/mol. The second-order valence-electron chi connectivity index (χ2n) is 8.49. The number of anilines is 1. The molecule has 0 radical (unpaired) electrons. The first-order chi connectivity index (χ1) is 15.7. The minimum atomic E-state index is -0.348. The third kappa shape index (κ3) is 2.97. The van der Waals surface area contributed by atoms with Gasteiger partial charge in [-0.25, -0.2) is 0 Å². The summed E-state index contributed by atoms with van der Waals surface area (Å²) in [6.45, 7) is 2.82. The highest BCUT2D eigenvalue weighted by Crippen LogP contribution is 2.44. The first kappa shape index (κ1) is 18.8.